The standard InChI is InChI=1S/C27H24.C3H8/c1-21-12-14-22(15-13-21)16-17-23-18-26(24-8-4-2-5-9-24)20-27(19-23)25-10-6-3-7-11-25;1-3-2/h2-18,20,27H,19H2,1H3;3H2,1-2H3/b17-16+;. The van der Waals surface area contributed by atoms with Crippen LogP contribution in [0.5, 0.6) is 0 Å². The zero-order chi connectivity index (χ0) is 21.2. The molecule has 0 N–H and O–H groups in total. The third kappa shape index (κ3) is 6.19. The van der Waals surface area contributed by atoms with Gasteiger partial charge in [-0.15, -0.1) is 0 Å². The number of hydrogen-bond acceptors (Lipinski definition) is 0. The van der Waals surface area contributed by atoms with Crippen LogP contribution in [0.3, 0.4) is 0 Å². The van der Waals surface area contributed by atoms with Crippen LogP contribution in [-0.2, 0) is 0 Å². The van der Waals surface area contributed by atoms with E-state index < -0.39 is 0 Å². The van der Waals surface area contributed by atoms with Crippen molar-refractivity contribution in [2.45, 2.75) is 39.5 Å². The van der Waals surface area contributed by atoms with Crippen molar-refractivity contribution in [3.63, 3.8) is 0 Å². The van der Waals surface area contributed by atoms with Crippen LogP contribution >= 0.6 is 0 Å². The monoisotopic (exact) mass is 392 g/mol. The summed E-state index contributed by atoms with van der Waals surface area (Å²) >= 11 is 0. The smallest absolute Gasteiger partial charge is 0.00675 e. The van der Waals surface area contributed by atoms with E-state index in [1.807, 2.05) is 0 Å². The lowest BCUT2D eigenvalue weighted by Gasteiger charge is -2.21. The van der Waals surface area contributed by atoms with Crippen LogP contribution in [0.4, 0.5) is 0 Å². The largest absolute Gasteiger partial charge is 0.0688 e. The molecule has 0 saturated heterocycles. The SMILES string of the molecule is CCC.Cc1ccc(/C=C/C2=CC(c3ccccc3)=CC(c3ccccc3)C2)cc1. The number of aryl methyl sites for hydroxylation is 1. The second-order valence-corrected chi connectivity index (χ2v) is 7.88. The molecular weight excluding hydrogens is 360 g/mol. The maximum absolute atomic E-state index is 2.41. The maximum Gasteiger partial charge on any atom is 0.00675 e. The predicted molar refractivity (Wildman–Crippen MR) is 132 cm³/mol. The van der Waals surface area contributed by atoms with E-state index in [0.717, 1.165) is 6.42 Å². The topological polar surface area (TPSA) is 0 Å². The first-order chi connectivity index (χ1) is 14.7. The lowest BCUT2D eigenvalue weighted by Crippen LogP contribution is -2.03. The first-order valence-corrected chi connectivity index (χ1v) is 11.0. The minimum atomic E-state index is 0.407. The summed E-state index contributed by atoms with van der Waals surface area (Å²) in [7, 11) is 0. The van der Waals surface area contributed by atoms with E-state index >= 15 is 0 Å². The van der Waals surface area contributed by atoms with Crippen LogP contribution in [0, 0.1) is 6.92 Å². The highest BCUT2D eigenvalue weighted by Crippen LogP contribution is 2.35. The Balaban J connectivity index is 0.000000806. The van der Waals surface area contributed by atoms with Crippen LogP contribution in [0.1, 0.15) is 54.9 Å². The third-order valence-electron chi connectivity index (χ3n) is 5.08. The van der Waals surface area contributed by atoms with Gasteiger partial charge in [-0.3, -0.25) is 0 Å². The Morgan fingerprint density at radius 2 is 1.37 bits per heavy atom. The summed E-state index contributed by atoms with van der Waals surface area (Å²) in [5.41, 5.74) is 7.86. The van der Waals surface area contributed by atoms with E-state index in [1.54, 1.807) is 0 Å². The van der Waals surface area contributed by atoms with E-state index in [4.69, 9.17) is 0 Å². The van der Waals surface area contributed by atoms with Gasteiger partial charge in [0.2, 0.25) is 0 Å². The van der Waals surface area contributed by atoms with E-state index in [0.29, 0.717) is 5.92 Å². The van der Waals surface area contributed by atoms with Gasteiger partial charge in [0.05, 0.1) is 0 Å². The second-order valence-electron chi connectivity index (χ2n) is 7.88. The van der Waals surface area contributed by atoms with Crippen LogP contribution in [0.15, 0.2) is 109 Å². The molecule has 1 aliphatic rings. The average molecular weight is 393 g/mol. The second kappa shape index (κ2) is 11.2. The molecule has 1 unspecified atom stereocenters. The first-order valence-electron chi connectivity index (χ1n) is 11.0. The van der Waals surface area contributed by atoms with Gasteiger partial charge in [-0.2, -0.15) is 0 Å². The highest BCUT2D eigenvalue weighted by Gasteiger charge is 2.16. The fourth-order valence-corrected chi connectivity index (χ4v) is 3.56. The van der Waals surface area contributed by atoms with Crippen molar-refractivity contribution in [2.24, 2.45) is 0 Å². The number of allylic oxidation sites excluding steroid dienone is 5. The van der Waals surface area contributed by atoms with Gasteiger partial charge in [-0.1, -0.05) is 135 Å². The molecule has 0 fully saturated rings. The summed E-state index contributed by atoms with van der Waals surface area (Å²) in [5, 5.41) is 0. The minimum absolute atomic E-state index is 0.407. The predicted octanol–water partition coefficient (Wildman–Crippen LogP) is 8.62. The van der Waals surface area contributed by atoms with Crippen molar-refractivity contribution >= 4 is 11.6 Å². The van der Waals surface area contributed by atoms with Gasteiger partial charge in [0.25, 0.3) is 0 Å². The molecule has 0 aromatic heterocycles. The quantitative estimate of drug-likeness (QED) is 0.417. The molecule has 3 aromatic carbocycles. The number of rotatable bonds is 4. The Hall–Kier alpha value is -3.12. The molecule has 0 amide bonds. The Morgan fingerprint density at radius 1 is 0.767 bits per heavy atom. The van der Waals surface area contributed by atoms with E-state index in [-0.39, 0.29) is 0 Å². The molecule has 152 valence electrons. The zero-order valence-electron chi connectivity index (χ0n) is 18.4. The first kappa shape index (κ1) is 21.6. The summed E-state index contributed by atoms with van der Waals surface area (Å²) in [6, 6.07) is 30.2. The van der Waals surface area contributed by atoms with Gasteiger partial charge in [-0.25, -0.2) is 0 Å². The fraction of sp³-hybridized carbons (Fsp3) is 0.200. The minimum Gasteiger partial charge on any atom is -0.0688 e. The summed E-state index contributed by atoms with van der Waals surface area (Å²) in [4.78, 5) is 0. The van der Waals surface area contributed by atoms with Gasteiger partial charge >= 0.3 is 0 Å². The van der Waals surface area contributed by atoms with E-state index in [1.165, 1.54) is 39.8 Å². The molecule has 0 nitrogen and oxygen atoms in total. The van der Waals surface area contributed by atoms with Crippen LogP contribution < -0.4 is 0 Å². The van der Waals surface area contributed by atoms with Gasteiger partial charge < -0.3 is 0 Å². The summed E-state index contributed by atoms with van der Waals surface area (Å²) < 4.78 is 0. The van der Waals surface area contributed by atoms with Crippen molar-refractivity contribution < 1.29 is 0 Å². The van der Waals surface area contributed by atoms with Gasteiger partial charge in [0, 0.05) is 5.92 Å². The normalized spacial score (nSPS) is 15.8. The molecule has 1 atom stereocenters. The highest BCUT2D eigenvalue weighted by atomic mass is 14.2. The van der Waals surface area contributed by atoms with Crippen LogP contribution in [0.2, 0.25) is 0 Å². The van der Waals surface area contributed by atoms with E-state index in [2.05, 4.69) is 130 Å². The van der Waals surface area contributed by atoms with Crippen LogP contribution in [0.25, 0.3) is 11.6 Å². The lowest BCUT2D eigenvalue weighted by molar-refractivity contribution is 0.832. The van der Waals surface area contributed by atoms with E-state index in [9.17, 15) is 0 Å². The summed E-state index contributed by atoms with van der Waals surface area (Å²) in [6.07, 6.45) is 11.5. The zero-order valence-corrected chi connectivity index (χ0v) is 18.4. The summed E-state index contributed by atoms with van der Waals surface area (Å²) in [6.45, 7) is 6.37. The van der Waals surface area contributed by atoms with Crippen molar-refractivity contribution in [2.75, 3.05) is 0 Å². The average Bonchev–Trinajstić information content (AvgIpc) is 2.80. The molecule has 30 heavy (non-hydrogen) atoms. The Bertz CT molecular complexity index is 987. The Morgan fingerprint density at radius 3 is 2.00 bits per heavy atom. The molecule has 3 aromatic rings. The molecule has 0 heterocycles. The molecule has 0 radical (unpaired) electrons. The molecule has 1 aliphatic carbocycles. The van der Waals surface area contributed by atoms with Gasteiger partial charge in [0.15, 0.2) is 0 Å². The summed E-state index contributed by atoms with van der Waals surface area (Å²) in [5.74, 6) is 0.407. The maximum atomic E-state index is 2.41. The van der Waals surface area contributed by atoms with Crippen molar-refractivity contribution in [3.8, 4) is 0 Å². The molecular formula is C30H32. The Labute approximate surface area is 182 Å². The molecule has 0 heteroatoms. The third-order valence-corrected chi connectivity index (χ3v) is 5.08. The molecule has 0 aliphatic heterocycles. The van der Waals surface area contributed by atoms with Gasteiger partial charge in [0.1, 0.15) is 0 Å². The number of hydrogen-bond donors (Lipinski definition) is 0. The van der Waals surface area contributed by atoms with Gasteiger partial charge in [-0.05, 0) is 41.2 Å². The lowest BCUT2D eigenvalue weighted by atomic mass is 9.83. The molecule has 0 spiro atoms. The number of benzene rings is 3. The molecule has 4 rings (SSSR count). The van der Waals surface area contributed by atoms with Crippen molar-refractivity contribution in [1.29, 1.82) is 0 Å². The molecule has 0 saturated carbocycles. The van der Waals surface area contributed by atoms with Crippen molar-refractivity contribution in [3.05, 3.63) is 131 Å². The van der Waals surface area contributed by atoms with Crippen molar-refractivity contribution in [1.82, 2.24) is 0 Å². The molecule has 0 bridgehead atoms. The fourth-order valence-electron chi connectivity index (χ4n) is 3.56. The van der Waals surface area contributed by atoms with Crippen LogP contribution in [-0.4, -0.2) is 0 Å². The Kier molecular flexibility index (Phi) is 8.03. The highest BCUT2D eigenvalue weighted by molar-refractivity contribution is 5.78.